The molecule has 7 nitrogen and oxygen atoms in total. The molecule has 0 spiro atoms. The van der Waals surface area contributed by atoms with Crippen LogP contribution in [0.2, 0.25) is 0 Å². The normalized spacial score (nSPS) is 20.8. The van der Waals surface area contributed by atoms with E-state index in [1.165, 1.54) is 48.5 Å². The number of hydrogen-bond acceptors (Lipinski definition) is 5. The lowest BCUT2D eigenvalue weighted by molar-refractivity contribution is -0.385. The molecule has 3 rings (SSSR count). The van der Waals surface area contributed by atoms with Gasteiger partial charge in [-0.05, 0) is 56.7 Å². The van der Waals surface area contributed by atoms with Gasteiger partial charge >= 0.3 is 0 Å². The third kappa shape index (κ3) is 4.72. The van der Waals surface area contributed by atoms with Crippen LogP contribution in [0.3, 0.4) is 0 Å². The van der Waals surface area contributed by atoms with Gasteiger partial charge in [-0.15, -0.1) is 0 Å². The van der Waals surface area contributed by atoms with Crippen LogP contribution in [0.4, 0.5) is 5.69 Å². The highest BCUT2D eigenvalue weighted by Crippen LogP contribution is 2.29. The molecule has 1 aliphatic heterocycles. The Bertz CT molecular complexity index is 819. The number of non-ortho nitro benzene ring substituents is 1. The van der Waals surface area contributed by atoms with Crippen LogP contribution in [0, 0.1) is 29.9 Å². The van der Waals surface area contributed by atoms with E-state index >= 15 is 0 Å². The Morgan fingerprint density at radius 2 is 1.75 bits per heavy atom. The monoisotopic (exact) mass is 409 g/mol. The number of nitro groups is 1. The van der Waals surface area contributed by atoms with Crippen LogP contribution in [0.5, 0.6) is 0 Å². The Kier molecular flexibility index (Phi) is 6.73. The standard InChI is InChI=1S/C20H31N3O4S/c1-16-13-19(23(24)25)14-20(17(16)2)28(26,27)22-10-6-9-21(11-12-22)15-18-7-4-3-5-8-18/h13-14,18H,3-12,15H2,1-2H3. The predicted octanol–water partition coefficient (Wildman–Crippen LogP) is 3.49. The van der Waals surface area contributed by atoms with Gasteiger partial charge in [0.05, 0.1) is 9.82 Å². The fourth-order valence-corrected chi connectivity index (χ4v) is 6.21. The van der Waals surface area contributed by atoms with Crippen molar-refractivity contribution in [3.63, 3.8) is 0 Å². The average Bonchev–Trinajstić information content (AvgIpc) is 2.90. The zero-order valence-electron chi connectivity index (χ0n) is 16.9. The van der Waals surface area contributed by atoms with Gasteiger partial charge in [-0.3, -0.25) is 10.1 Å². The van der Waals surface area contributed by atoms with E-state index in [1.807, 2.05) is 0 Å². The summed E-state index contributed by atoms with van der Waals surface area (Å²) in [7, 11) is -3.75. The Hall–Kier alpha value is -1.51. The molecule has 0 radical (unpaired) electrons. The van der Waals surface area contributed by atoms with Crippen molar-refractivity contribution in [2.24, 2.45) is 5.92 Å². The van der Waals surface area contributed by atoms with E-state index in [2.05, 4.69) is 4.90 Å². The van der Waals surface area contributed by atoms with Crippen LogP contribution in [0.25, 0.3) is 0 Å². The maximum Gasteiger partial charge on any atom is 0.271 e. The summed E-state index contributed by atoms with van der Waals surface area (Å²) < 4.78 is 28.1. The van der Waals surface area contributed by atoms with Crippen molar-refractivity contribution < 1.29 is 13.3 Å². The smallest absolute Gasteiger partial charge is 0.271 e. The van der Waals surface area contributed by atoms with E-state index in [9.17, 15) is 18.5 Å². The van der Waals surface area contributed by atoms with Crippen molar-refractivity contribution in [3.05, 3.63) is 33.4 Å². The molecule has 1 saturated heterocycles. The molecule has 156 valence electrons. The minimum absolute atomic E-state index is 0.0694. The fourth-order valence-electron chi connectivity index (χ4n) is 4.43. The second-order valence-corrected chi connectivity index (χ2v) is 10.1. The molecule has 0 aromatic heterocycles. The summed E-state index contributed by atoms with van der Waals surface area (Å²) in [6.07, 6.45) is 7.31. The molecule has 1 heterocycles. The van der Waals surface area contributed by atoms with E-state index in [-0.39, 0.29) is 10.6 Å². The van der Waals surface area contributed by atoms with Gasteiger partial charge in [0.1, 0.15) is 0 Å². The van der Waals surface area contributed by atoms with Gasteiger partial charge in [-0.25, -0.2) is 8.42 Å². The molecule has 0 N–H and O–H groups in total. The first-order valence-corrected chi connectivity index (χ1v) is 11.7. The van der Waals surface area contributed by atoms with Gasteiger partial charge in [0.25, 0.3) is 5.69 Å². The molecule has 2 fully saturated rings. The van der Waals surface area contributed by atoms with Crippen molar-refractivity contribution in [2.75, 3.05) is 32.7 Å². The average molecular weight is 410 g/mol. The summed E-state index contributed by atoms with van der Waals surface area (Å²) in [6, 6.07) is 2.64. The maximum absolute atomic E-state index is 13.3. The number of nitro benzene ring substituents is 1. The third-order valence-corrected chi connectivity index (χ3v) is 8.25. The van der Waals surface area contributed by atoms with Crippen molar-refractivity contribution in [1.82, 2.24) is 9.21 Å². The zero-order valence-corrected chi connectivity index (χ0v) is 17.7. The van der Waals surface area contributed by atoms with E-state index in [0.29, 0.717) is 24.2 Å². The summed E-state index contributed by atoms with van der Waals surface area (Å²) in [6.45, 7) is 7.04. The molecule has 28 heavy (non-hydrogen) atoms. The molecule has 1 saturated carbocycles. The van der Waals surface area contributed by atoms with E-state index in [0.717, 1.165) is 32.0 Å². The highest BCUT2D eigenvalue weighted by molar-refractivity contribution is 7.89. The number of benzene rings is 1. The molecule has 2 aliphatic rings. The van der Waals surface area contributed by atoms with Crippen LogP contribution < -0.4 is 0 Å². The SMILES string of the molecule is Cc1cc([N+](=O)[O-])cc(S(=O)(=O)N2CCCN(CC3CCCCC3)CC2)c1C. The first kappa shape index (κ1) is 21.2. The van der Waals surface area contributed by atoms with Gasteiger partial charge < -0.3 is 4.90 Å². The van der Waals surface area contributed by atoms with Gasteiger partial charge in [-0.1, -0.05) is 19.3 Å². The van der Waals surface area contributed by atoms with Crippen LogP contribution >= 0.6 is 0 Å². The number of nitrogens with zero attached hydrogens (tertiary/aromatic N) is 3. The summed E-state index contributed by atoms with van der Waals surface area (Å²) in [4.78, 5) is 13.1. The van der Waals surface area contributed by atoms with Crippen molar-refractivity contribution in [3.8, 4) is 0 Å². The lowest BCUT2D eigenvalue weighted by atomic mass is 9.89. The number of hydrogen-bond donors (Lipinski definition) is 0. The molecule has 0 amide bonds. The lowest BCUT2D eigenvalue weighted by Gasteiger charge is -2.28. The summed E-state index contributed by atoms with van der Waals surface area (Å²) in [5.74, 6) is 0.735. The second-order valence-electron chi connectivity index (χ2n) is 8.21. The predicted molar refractivity (Wildman–Crippen MR) is 109 cm³/mol. The van der Waals surface area contributed by atoms with Crippen LogP contribution in [0.1, 0.15) is 49.7 Å². The highest BCUT2D eigenvalue weighted by Gasteiger charge is 2.31. The Balaban J connectivity index is 1.75. The van der Waals surface area contributed by atoms with E-state index in [4.69, 9.17) is 0 Å². The second kappa shape index (κ2) is 8.88. The third-order valence-electron chi connectivity index (χ3n) is 6.22. The topological polar surface area (TPSA) is 83.8 Å². The first-order chi connectivity index (χ1) is 13.3. The van der Waals surface area contributed by atoms with E-state index in [1.54, 1.807) is 13.8 Å². The van der Waals surface area contributed by atoms with Gasteiger partial charge in [0.15, 0.2) is 0 Å². The highest BCUT2D eigenvalue weighted by atomic mass is 32.2. The molecule has 0 bridgehead atoms. The minimum Gasteiger partial charge on any atom is -0.302 e. The quantitative estimate of drug-likeness (QED) is 0.549. The minimum atomic E-state index is -3.75. The molecule has 1 aromatic carbocycles. The summed E-state index contributed by atoms with van der Waals surface area (Å²) >= 11 is 0. The summed E-state index contributed by atoms with van der Waals surface area (Å²) in [5, 5.41) is 11.2. The summed E-state index contributed by atoms with van der Waals surface area (Å²) in [5.41, 5.74) is 1.05. The first-order valence-electron chi connectivity index (χ1n) is 10.3. The van der Waals surface area contributed by atoms with Crippen LogP contribution in [-0.2, 0) is 10.0 Å². The van der Waals surface area contributed by atoms with E-state index < -0.39 is 14.9 Å². The Morgan fingerprint density at radius 3 is 2.43 bits per heavy atom. The van der Waals surface area contributed by atoms with Crippen LogP contribution in [-0.4, -0.2) is 55.3 Å². The number of sulfonamides is 1. The number of rotatable bonds is 5. The van der Waals surface area contributed by atoms with Crippen molar-refractivity contribution in [2.45, 2.75) is 57.3 Å². The Morgan fingerprint density at radius 1 is 1.04 bits per heavy atom. The van der Waals surface area contributed by atoms with Gasteiger partial charge in [-0.2, -0.15) is 4.31 Å². The maximum atomic E-state index is 13.3. The molecular formula is C20H31N3O4S. The lowest BCUT2D eigenvalue weighted by Crippen LogP contribution is -2.37. The van der Waals surface area contributed by atoms with Crippen LogP contribution in [0.15, 0.2) is 17.0 Å². The molecule has 1 aliphatic carbocycles. The molecule has 0 unspecified atom stereocenters. The molecular weight excluding hydrogens is 378 g/mol. The zero-order chi connectivity index (χ0) is 20.3. The molecule has 0 atom stereocenters. The molecule has 1 aromatic rings. The molecule has 8 heteroatoms. The van der Waals surface area contributed by atoms with Gasteiger partial charge in [0, 0.05) is 38.3 Å². The van der Waals surface area contributed by atoms with Gasteiger partial charge in [0.2, 0.25) is 10.0 Å². The largest absolute Gasteiger partial charge is 0.302 e. The number of aryl methyl sites for hydroxylation is 1. The van der Waals surface area contributed by atoms with Crippen molar-refractivity contribution >= 4 is 15.7 Å². The van der Waals surface area contributed by atoms with Crippen molar-refractivity contribution in [1.29, 1.82) is 0 Å². The Labute approximate surface area is 167 Å². The fraction of sp³-hybridized carbons (Fsp3) is 0.700.